The van der Waals surface area contributed by atoms with Gasteiger partial charge in [0, 0.05) is 11.4 Å². The maximum Gasteiger partial charge on any atom is 0.337 e. The number of halogens is 1. The minimum Gasteiger partial charge on any atom is -0.465 e. The van der Waals surface area contributed by atoms with Crippen molar-refractivity contribution in [2.24, 2.45) is 0 Å². The molecule has 2 rings (SSSR count). The van der Waals surface area contributed by atoms with Gasteiger partial charge in [0.25, 0.3) is 0 Å². The number of ether oxygens (including phenoxy) is 1. The van der Waals surface area contributed by atoms with Crippen LogP contribution in [0.4, 0.5) is 10.1 Å². The molecule has 0 saturated heterocycles. The number of hydrogen-bond acceptors (Lipinski definition) is 4. The molecule has 0 fully saturated rings. The Morgan fingerprint density at radius 1 is 1.17 bits per heavy atom. The molecule has 120 valence electrons. The van der Waals surface area contributed by atoms with Gasteiger partial charge in [0.2, 0.25) is 5.91 Å². The monoisotopic (exact) mass is 333 g/mol. The summed E-state index contributed by atoms with van der Waals surface area (Å²) in [5.41, 5.74) is 1.88. The number of nitrogens with one attached hydrogen (secondary N) is 1. The first-order chi connectivity index (χ1) is 11.1. The summed E-state index contributed by atoms with van der Waals surface area (Å²) in [4.78, 5) is 23.3. The molecule has 0 saturated carbocycles. The molecule has 0 aromatic heterocycles. The Kier molecular flexibility index (Phi) is 6.17. The van der Waals surface area contributed by atoms with Crippen LogP contribution in [0.25, 0.3) is 0 Å². The predicted octanol–water partition coefficient (Wildman–Crippen LogP) is 3.48. The van der Waals surface area contributed by atoms with E-state index < -0.39 is 5.97 Å². The molecule has 23 heavy (non-hydrogen) atoms. The molecule has 0 unspecified atom stereocenters. The minimum atomic E-state index is -0.452. The summed E-state index contributed by atoms with van der Waals surface area (Å²) in [6.07, 6.45) is 0. The van der Waals surface area contributed by atoms with Crippen LogP contribution in [-0.2, 0) is 15.3 Å². The van der Waals surface area contributed by atoms with Crippen LogP contribution in [0.3, 0.4) is 0 Å². The van der Waals surface area contributed by atoms with Gasteiger partial charge >= 0.3 is 5.97 Å². The lowest BCUT2D eigenvalue weighted by Gasteiger charge is -2.07. The van der Waals surface area contributed by atoms with Crippen molar-refractivity contribution < 1.29 is 18.7 Å². The van der Waals surface area contributed by atoms with E-state index in [1.165, 1.54) is 31.0 Å². The van der Waals surface area contributed by atoms with E-state index in [0.29, 0.717) is 17.0 Å². The van der Waals surface area contributed by atoms with Crippen LogP contribution < -0.4 is 5.32 Å². The third kappa shape index (κ3) is 5.41. The zero-order chi connectivity index (χ0) is 16.7. The highest BCUT2D eigenvalue weighted by Crippen LogP contribution is 2.15. The Bertz CT molecular complexity index is 688. The van der Waals surface area contributed by atoms with Crippen molar-refractivity contribution in [1.82, 2.24) is 0 Å². The Hall–Kier alpha value is -2.34. The molecule has 1 amide bonds. The summed E-state index contributed by atoms with van der Waals surface area (Å²) < 4.78 is 17.4. The van der Waals surface area contributed by atoms with Gasteiger partial charge in [-0.2, -0.15) is 0 Å². The van der Waals surface area contributed by atoms with Crippen molar-refractivity contribution in [3.05, 3.63) is 65.5 Å². The van der Waals surface area contributed by atoms with Gasteiger partial charge in [-0.25, -0.2) is 9.18 Å². The van der Waals surface area contributed by atoms with Crippen molar-refractivity contribution in [1.29, 1.82) is 0 Å². The second-order valence-corrected chi connectivity index (χ2v) is 5.73. The molecule has 0 atom stereocenters. The fourth-order valence-corrected chi connectivity index (χ4v) is 2.67. The molecule has 1 N–H and O–H groups in total. The van der Waals surface area contributed by atoms with Crippen LogP contribution in [0.2, 0.25) is 0 Å². The molecule has 0 bridgehead atoms. The van der Waals surface area contributed by atoms with Crippen LogP contribution in [0, 0.1) is 5.82 Å². The lowest BCUT2D eigenvalue weighted by Crippen LogP contribution is -2.14. The van der Waals surface area contributed by atoms with Crippen LogP contribution in [0.5, 0.6) is 0 Å². The van der Waals surface area contributed by atoms with Gasteiger partial charge in [0.1, 0.15) is 5.82 Å². The summed E-state index contributed by atoms with van der Waals surface area (Å²) >= 11 is 1.43. The summed E-state index contributed by atoms with van der Waals surface area (Å²) in [5, 5.41) is 2.73. The third-order valence-electron chi connectivity index (χ3n) is 2.98. The molecule has 0 aliphatic heterocycles. The highest BCUT2D eigenvalue weighted by atomic mass is 32.2. The number of esters is 1. The second-order valence-electron chi connectivity index (χ2n) is 4.74. The number of amides is 1. The van der Waals surface area contributed by atoms with Crippen LogP contribution in [-0.4, -0.2) is 24.7 Å². The maximum atomic E-state index is 12.8. The van der Waals surface area contributed by atoms with Gasteiger partial charge in [0.15, 0.2) is 0 Å². The first kappa shape index (κ1) is 17.0. The third-order valence-corrected chi connectivity index (χ3v) is 3.99. The minimum absolute atomic E-state index is 0.167. The fraction of sp³-hybridized carbons (Fsp3) is 0.176. The zero-order valence-electron chi connectivity index (χ0n) is 12.5. The SMILES string of the molecule is COC(=O)c1cccc(NC(=O)CSCc2ccc(F)cc2)c1. The number of thioether (sulfide) groups is 1. The molecule has 0 aliphatic rings. The van der Waals surface area contributed by atoms with Crippen molar-refractivity contribution >= 4 is 29.3 Å². The number of hydrogen-bond donors (Lipinski definition) is 1. The van der Waals surface area contributed by atoms with Gasteiger partial charge in [-0.05, 0) is 35.9 Å². The average molecular weight is 333 g/mol. The molecule has 0 heterocycles. The summed E-state index contributed by atoms with van der Waals surface area (Å²) in [5.74, 6) is -0.0108. The van der Waals surface area contributed by atoms with Gasteiger partial charge < -0.3 is 10.1 Å². The van der Waals surface area contributed by atoms with E-state index in [0.717, 1.165) is 5.56 Å². The van der Waals surface area contributed by atoms with Crippen LogP contribution in [0.15, 0.2) is 48.5 Å². The second kappa shape index (κ2) is 8.33. The summed E-state index contributed by atoms with van der Waals surface area (Å²) in [6.45, 7) is 0. The zero-order valence-corrected chi connectivity index (χ0v) is 13.4. The molecule has 0 radical (unpaired) electrons. The molecule has 2 aromatic rings. The van der Waals surface area contributed by atoms with E-state index in [2.05, 4.69) is 10.1 Å². The van der Waals surface area contributed by atoms with Crippen molar-refractivity contribution in [3.63, 3.8) is 0 Å². The number of anilines is 1. The highest BCUT2D eigenvalue weighted by molar-refractivity contribution is 7.99. The smallest absolute Gasteiger partial charge is 0.337 e. The van der Waals surface area contributed by atoms with E-state index >= 15 is 0 Å². The van der Waals surface area contributed by atoms with E-state index in [4.69, 9.17) is 0 Å². The number of benzene rings is 2. The summed E-state index contributed by atoms with van der Waals surface area (Å²) in [7, 11) is 1.31. The number of carbonyl (C=O) groups excluding carboxylic acids is 2. The van der Waals surface area contributed by atoms with E-state index in [1.807, 2.05) is 0 Å². The van der Waals surface area contributed by atoms with E-state index in [9.17, 15) is 14.0 Å². The van der Waals surface area contributed by atoms with Gasteiger partial charge in [-0.3, -0.25) is 4.79 Å². The molecular weight excluding hydrogens is 317 g/mol. The van der Waals surface area contributed by atoms with Crippen molar-refractivity contribution in [2.45, 2.75) is 5.75 Å². The van der Waals surface area contributed by atoms with E-state index in [1.54, 1.807) is 36.4 Å². The molecular formula is C17H16FNO3S. The Labute approximate surface area is 138 Å². The quantitative estimate of drug-likeness (QED) is 0.822. The Balaban J connectivity index is 1.82. The molecule has 4 nitrogen and oxygen atoms in total. The average Bonchev–Trinajstić information content (AvgIpc) is 2.56. The summed E-state index contributed by atoms with van der Waals surface area (Å²) in [6, 6.07) is 12.7. The Morgan fingerprint density at radius 3 is 2.61 bits per heavy atom. The highest BCUT2D eigenvalue weighted by Gasteiger charge is 2.08. The maximum absolute atomic E-state index is 12.8. The van der Waals surface area contributed by atoms with Crippen molar-refractivity contribution in [2.75, 3.05) is 18.2 Å². The molecule has 6 heteroatoms. The first-order valence-electron chi connectivity index (χ1n) is 6.89. The molecule has 0 spiro atoms. The van der Waals surface area contributed by atoms with E-state index in [-0.39, 0.29) is 17.5 Å². The largest absolute Gasteiger partial charge is 0.465 e. The van der Waals surface area contributed by atoms with Crippen LogP contribution >= 0.6 is 11.8 Å². The standard InChI is InChI=1S/C17H16FNO3S/c1-22-17(21)13-3-2-4-15(9-13)19-16(20)11-23-10-12-5-7-14(18)8-6-12/h2-9H,10-11H2,1H3,(H,19,20). The van der Waals surface area contributed by atoms with Crippen molar-refractivity contribution in [3.8, 4) is 0 Å². The fourth-order valence-electron chi connectivity index (χ4n) is 1.88. The topological polar surface area (TPSA) is 55.4 Å². The van der Waals surface area contributed by atoms with Gasteiger partial charge in [0.05, 0.1) is 18.4 Å². The first-order valence-corrected chi connectivity index (χ1v) is 8.04. The number of carbonyl (C=O) groups is 2. The lowest BCUT2D eigenvalue weighted by atomic mass is 10.2. The number of methoxy groups -OCH3 is 1. The molecule has 2 aromatic carbocycles. The van der Waals surface area contributed by atoms with Gasteiger partial charge in [-0.15, -0.1) is 11.8 Å². The lowest BCUT2D eigenvalue weighted by molar-refractivity contribution is -0.113. The van der Waals surface area contributed by atoms with Gasteiger partial charge in [-0.1, -0.05) is 18.2 Å². The predicted molar refractivity (Wildman–Crippen MR) is 89.0 cm³/mol. The normalized spacial score (nSPS) is 10.2. The molecule has 0 aliphatic carbocycles. The number of rotatable bonds is 6. The van der Waals surface area contributed by atoms with Crippen LogP contribution in [0.1, 0.15) is 15.9 Å². The Morgan fingerprint density at radius 2 is 1.91 bits per heavy atom.